The summed E-state index contributed by atoms with van der Waals surface area (Å²) in [7, 11) is 2.20. The largest absolute Gasteiger partial charge is 0.381 e. The van der Waals surface area contributed by atoms with Crippen molar-refractivity contribution < 1.29 is 13.9 Å². The van der Waals surface area contributed by atoms with Crippen LogP contribution in [0.25, 0.3) is 10.9 Å². The van der Waals surface area contributed by atoms with E-state index in [-0.39, 0.29) is 11.7 Å². The number of halogens is 1. The number of hydrogen-bond acceptors (Lipinski definition) is 9. The van der Waals surface area contributed by atoms with Crippen LogP contribution in [-0.2, 0) is 9.53 Å². The second-order valence-corrected chi connectivity index (χ2v) is 12.8. The van der Waals surface area contributed by atoms with Crippen molar-refractivity contribution in [2.75, 3.05) is 69.7 Å². The summed E-state index contributed by atoms with van der Waals surface area (Å²) in [5.74, 6) is -0.670. The van der Waals surface area contributed by atoms with Gasteiger partial charge in [0.1, 0.15) is 17.8 Å². The fourth-order valence-corrected chi connectivity index (χ4v) is 7.15. The highest BCUT2D eigenvalue weighted by atomic mass is 19.1. The molecule has 0 bridgehead atoms. The molecule has 3 aromatic rings. The Hall–Kier alpha value is -3.97. The molecule has 1 atom stereocenters. The summed E-state index contributed by atoms with van der Waals surface area (Å²) in [5.41, 5.74) is 9.68. The lowest BCUT2D eigenvalue weighted by Gasteiger charge is -2.42. The molecule has 6 N–H and O–H groups in total. The first-order chi connectivity index (χ1) is 22.4. The third kappa shape index (κ3) is 6.61. The van der Waals surface area contributed by atoms with Crippen LogP contribution >= 0.6 is 0 Å². The molecule has 5 heterocycles. The van der Waals surface area contributed by atoms with Gasteiger partial charge < -0.3 is 35.9 Å². The number of piperazine rings is 1. The van der Waals surface area contributed by atoms with Crippen LogP contribution < -0.4 is 26.6 Å². The first-order valence-corrected chi connectivity index (χ1v) is 16.5. The Morgan fingerprint density at radius 1 is 1.00 bits per heavy atom. The molecule has 1 amide bonds. The van der Waals surface area contributed by atoms with E-state index < -0.39 is 17.9 Å². The number of primary amides is 1. The maximum absolute atomic E-state index is 14.8. The lowest BCUT2D eigenvalue weighted by atomic mass is 9.99. The van der Waals surface area contributed by atoms with Gasteiger partial charge in [-0.15, -0.1) is 0 Å². The quantitative estimate of drug-likeness (QED) is 0.258. The molecule has 0 radical (unpaired) electrons. The van der Waals surface area contributed by atoms with Gasteiger partial charge in [-0.2, -0.15) is 0 Å². The summed E-state index contributed by atoms with van der Waals surface area (Å²) in [6.07, 6.45) is 5.27. The molecule has 4 aliphatic rings. The predicted molar refractivity (Wildman–Crippen MR) is 179 cm³/mol. The van der Waals surface area contributed by atoms with Crippen LogP contribution in [0.4, 0.5) is 15.8 Å². The van der Waals surface area contributed by atoms with Gasteiger partial charge in [-0.3, -0.25) is 15.0 Å². The number of likely N-dealkylation sites (N-methyl/N-ethyl adjacent to an activating group) is 1. The van der Waals surface area contributed by atoms with E-state index in [9.17, 15) is 9.18 Å². The van der Waals surface area contributed by atoms with E-state index in [4.69, 9.17) is 15.5 Å². The zero-order valence-corrected chi connectivity index (χ0v) is 26.4. The van der Waals surface area contributed by atoms with Gasteiger partial charge in [-0.1, -0.05) is 0 Å². The predicted octanol–water partition coefficient (Wildman–Crippen LogP) is 2.78. The molecule has 1 unspecified atom stereocenters. The maximum Gasteiger partial charge on any atom is 0.271 e. The highest BCUT2D eigenvalue weighted by Gasteiger charge is 2.32. The van der Waals surface area contributed by atoms with Crippen molar-refractivity contribution in [2.45, 2.75) is 43.9 Å². The summed E-state index contributed by atoms with van der Waals surface area (Å²) < 4.78 is 20.3. The van der Waals surface area contributed by atoms with Gasteiger partial charge in [0.15, 0.2) is 5.70 Å². The Labute approximate surface area is 269 Å². The third-order valence-electron chi connectivity index (χ3n) is 9.82. The first-order valence-electron chi connectivity index (χ1n) is 16.5. The molecule has 12 heteroatoms. The highest BCUT2D eigenvalue weighted by Crippen LogP contribution is 2.28. The van der Waals surface area contributed by atoms with Crippen molar-refractivity contribution in [1.29, 1.82) is 0 Å². The number of piperidine rings is 1. The Bertz CT molecular complexity index is 1600. The number of rotatable bonds is 8. The number of ether oxygens (including phenoxy) is 1. The molecule has 0 spiro atoms. The molecule has 11 nitrogen and oxygen atoms in total. The Kier molecular flexibility index (Phi) is 8.94. The molecule has 3 saturated heterocycles. The third-order valence-corrected chi connectivity index (χ3v) is 9.82. The summed E-state index contributed by atoms with van der Waals surface area (Å²) in [4.78, 5) is 28.2. The number of aromatic nitrogens is 1. The second-order valence-electron chi connectivity index (χ2n) is 12.8. The molecule has 4 aliphatic heterocycles. The number of nitrogens with one attached hydrogen (secondary N) is 4. The SMILES string of the molecule is CN1CCN(C2CCN(c3ccc(NC4=C(C(N)=O)N=C(c5cc(F)cc6[nH]ccc56)C(NC5CCOCC5)N4)cc3)CC2)CC1. The summed E-state index contributed by atoms with van der Waals surface area (Å²) in [5, 5.41) is 11.3. The number of nitrogens with zero attached hydrogens (tertiary/aromatic N) is 4. The van der Waals surface area contributed by atoms with Crippen LogP contribution in [-0.4, -0.2) is 104 Å². The number of aromatic amines is 1. The molecule has 3 fully saturated rings. The van der Waals surface area contributed by atoms with Crippen molar-refractivity contribution in [2.24, 2.45) is 10.7 Å². The molecule has 46 heavy (non-hydrogen) atoms. The maximum atomic E-state index is 14.8. The van der Waals surface area contributed by atoms with Crippen molar-refractivity contribution in [3.63, 3.8) is 0 Å². The molecule has 0 saturated carbocycles. The first kappa shape index (κ1) is 30.7. The van der Waals surface area contributed by atoms with Crippen molar-refractivity contribution in [3.05, 3.63) is 71.6 Å². The standard InChI is InChI=1S/C34H44FN9O2/c1-42-14-16-44(17-15-42)26-7-12-43(13-8-26)25-4-2-23(3-5-25)38-34-31(32(36)45)40-30(33(41-34)39-24-9-18-46-19-10-24)28-20-22(35)21-29-27(28)6-11-37-29/h2-6,11,20-21,24,26,33,37-39,41H,7-10,12-19H2,1H3,(H2,36,45). The van der Waals surface area contributed by atoms with Crippen LogP contribution in [0.1, 0.15) is 31.2 Å². The van der Waals surface area contributed by atoms with Crippen LogP contribution in [0.2, 0.25) is 0 Å². The molecule has 1 aromatic heterocycles. The topological polar surface area (TPSA) is 126 Å². The lowest BCUT2D eigenvalue weighted by molar-refractivity contribution is -0.114. The number of nitrogens with two attached hydrogens (primary N) is 1. The molecular formula is C34H44FN9O2. The Balaban J connectivity index is 1.11. The summed E-state index contributed by atoms with van der Waals surface area (Å²) in [6.45, 7) is 8.01. The molecule has 244 valence electrons. The normalized spacial score (nSPS) is 22.6. The average molecular weight is 630 g/mol. The number of aliphatic imine (C=N–C) groups is 1. The number of amides is 1. The van der Waals surface area contributed by atoms with Crippen molar-refractivity contribution >= 4 is 33.9 Å². The van der Waals surface area contributed by atoms with Crippen LogP contribution in [0.5, 0.6) is 0 Å². The Morgan fingerprint density at radius 3 is 2.46 bits per heavy atom. The van der Waals surface area contributed by atoms with Crippen LogP contribution in [0, 0.1) is 5.82 Å². The number of benzene rings is 2. The average Bonchev–Trinajstić information content (AvgIpc) is 3.54. The molecule has 7 rings (SSSR count). The zero-order valence-electron chi connectivity index (χ0n) is 26.4. The molecule has 0 aliphatic carbocycles. The van der Waals surface area contributed by atoms with Crippen molar-refractivity contribution in [1.82, 2.24) is 25.4 Å². The van der Waals surface area contributed by atoms with Gasteiger partial charge >= 0.3 is 0 Å². The van der Waals surface area contributed by atoms with E-state index in [0.29, 0.717) is 41.9 Å². The van der Waals surface area contributed by atoms with Gasteiger partial charge in [-0.05, 0) is 75.2 Å². The number of fused-ring (bicyclic) bond motifs is 1. The van der Waals surface area contributed by atoms with E-state index in [1.54, 1.807) is 6.20 Å². The number of anilines is 2. The van der Waals surface area contributed by atoms with Gasteiger partial charge in [0.05, 0.1) is 5.71 Å². The smallest absolute Gasteiger partial charge is 0.271 e. The number of H-pyrrole nitrogens is 1. The van der Waals surface area contributed by atoms with E-state index in [1.807, 2.05) is 18.2 Å². The van der Waals surface area contributed by atoms with E-state index in [2.05, 4.69) is 54.8 Å². The summed E-state index contributed by atoms with van der Waals surface area (Å²) in [6, 6.07) is 13.9. The minimum atomic E-state index is -0.682. The van der Waals surface area contributed by atoms with Crippen molar-refractivity contribution in [3.8, 4) is 0 Å². The van der Waals surface area contributed by atoms with Gasteiger partial charge in [0.2, 0.25) is 0 Å². The minimum Gasteiger partial charge on any atom is -0.381 e. The van der Waals surface area contributed by atoms with Crippen LogP contribution in [0.15, 0.2) is 65.2 Å². The number of carbonyl (C=O) groups excluding carboxylic acids is 1. The van der Waals surface area contributed by atoms with E-state index >= 15 is 0 Å². The van der Waals surface area contributed by atoms with E-state index in [1.165, 1.54) is 30.7 Å². The monoisotopic (exact) mass is 629 g/mol. The van der Waals surface area contributed by atoms with Crippen LogP contribution in [0.3, 0.4) is 0 Å². The minimum absolute atomic E-state index is 0.0584. The van der Waals surface area contributed by atoms with Gasteiger partial charge in [0.25, 0.3) is 5.91 Å². The summed E-state index contributed by atoms with van der Waals surface area (Å²) >= 11 is 0. The van der Waals surface area contributed by atoms with Gasteiger partial charge in [-0.25, -0.2) is 9.38 Å². The fourth-order valence-electron chi connectivity index (χ4n) is 7.15. The second kappa shape index (κ2) is 13.4. The highest BCUT2D eigenvalue weighted by molar-refractivity contribution is 6.15. The lowest BCUT2D eigenvalue weighted by Crippen LogP contribution is -2.56. The number of hydrogen-bond donors (Lipinski definition) is 5. The molecular weight excluding hydrogens is 585 g/mol. The van der Waals surface area contributed by atoms with E-state index in [0.717, 1.165) is 63.2 Å². The Morgan fingerprint density at radius 2 is 1.74 bits per heavy atom. The molecule has 2 aromatic carbocycles. The fraction of sp³-hybridized carbons (Fsp3) is 0.471. The zero-order chi connectivity index (χ0) is 31.6. The number of carbonyl (C=O) groups is 1. The van der Waals surface area contributed by atoms with Gasteiger partial charge in [0, 0.05) is 98.6 Å².